The zero-order chi connectivity index (χ0) is 14.5. The van der Waals surface area contributed by atoms with Crippen molar-refractivity contribution in [2.45, 2.75) is 0 Å². The first-order valence-electron chi connectivity index (χ1n) is 6.07. The highest BCUT2D eigenvalue weighted by Gasteiger charge is 2.10. The zero-order valence-electron chi connectivity index (χ0n) is 11.7. The molecule has 1 aromatic carbocycles. The topological polar surface area (TPSA) is 53.3 Å². The van der Waals surface area contributed by atoms with Gasteiger partial charge in [0.25, 0.3) is 0 Å². The predicted octanol–water partition coefficient (Wildman–Crippen LogP) is 2.33. The van der Waals surface area contributed by atoms with Crippen LogP contribution in [-0.4, -0.2) is 29.8 Å². The summed E-state index contributed by atoms with van der Waals surface area (Å²) in [7, 11) is 4.92. The molecule has 104 valence electrons. The number of hydrogen-bond acceptors (Lipinski definition) is 4. The average molecular weight is 272 g/mol. The number of nitrogens with zero attached hydrogens (tertiary/aromatic N) is 2. The van der Waals surface area contributed by atoms with Crippen LogP contribution in [0.3, 0.4) is 0 Å². The maximum absolute atomic E-state index is 12.2. The Kier molecular flexibility index (Phi) is 4.20. The Bertz CT molecular complexity index is 644. The van der Waals surface area contributed by atoms with E-state index in [2.05, 4.69) is 5.10 Å². The number of rotatable bonds is 5. The van der Waals surface area contributed by atoms with Gasteiger partial charge in [-0.3, -0.25) is 9.48 Å². The molecule has 2 rings (SSSR count). The summed E-state index contributed by atoms with van der Waals surface area (Å²) in [5.74, 6) is 1.01. The summed E-state index contributed by atoms with van der Waals surface area (Å²) in [4.78, 5) is 12.2. The molecule has 0 saturated heterocycles. The van der Waals surface area contributed by atoms with E-state index in [1.165, 1.54) is 13.2 Å². The monoisotopic (exact) mass is 272 g/mol. The molecule has 0 amide bonds. The van der Waals surface area contributed by atoms with E-state index in [-0.39, 0.29) is 5.78 Å². The van der Waals surface area contributed by atoms with Gasteiger partial charge in [-0.2, -0.15) is 5.10 Å². The molecule has 0 aliphatic rings. The Morgan fingerprint density at radius 3 is 2.70 bits per heavy atom. The summed E-state index contributed by atoms with van der Waals surface area (Å²) in [6.45, 7) is 0. The zero-order valence-corrected chi connectivity index (χ0v) is 11.7. The second-order valence-corrected chi connectivity index (χ2v) is 4.21. The summed E-state index contributed by atoms with van der Waals surface area (Å²) < 4.78 is 12.0. The van der Waals surface area contributed by atoms with Crippen LogP contribution in [0.25, 0.3) is 6.08 Å². The van der Waals surface area contributed by atoms with Crippen molar-refractivity contribution >= 4 is 11.9 Å². The van der Waals surface area contributed by atoms with Gasteiger partial charge >= 0.3 is 0 Å². The maximum atomic E-state index is 12.2. The lowest BCUT2D eigenvalue weighted by atomic mass is 10.1. The molecule has 5 heteroatoms. The van der Waals surface area contributed by atoms with E-state index in [1.54, 1.807) is 42.3 Å². The quantitative estimate of drug-likeness (QED) is 0.619. The van der Waals surface area contributed by atoms with Crippen LogP contribution in [0.1, 0.15) is 15.9 Å². The van der Waals surface area contributed by atoms with Gasteiger partial charge in [0.05, 0.1) is 26.0 Å². The van der Waals surface area contributed by atoms with Crippen LogP contribution < -0.4 is 9.47 Å². The van der Waals surface area contributed by atoms with Crippen LogP contribution in [0.5, 0.6) is 11.5 Å². The lowest BCUT2D eigenvalue weighted by Gasteiger charge is -2.07. The Morgan fingerprint density at radius 1 is 1.30 bits per heavy atom. The van der Waals surface area contributed by atoms with Crippen molar-refractivity contribution in [3.8, 4) is 11.5 Å². The van der Waals surface area contributed by atoms with Crippen LogP contribution in [-0.2, 0) is 7.05 Å². The van der Waals surface area contributed by atoms with Gasteiger partial charge in [0.2, 0.25) is 0 Å². The molecule has 0 fully saturated rings. The number of benzene rings is 1. The van der Waals surface area contributed by atoms with Gasteiger partial charge in [0.15, 0.2) is 5.78 Å². The number of aromatic nitrogens is 2. The molecule has 0 radical (unpaired) electrons. The normalized spacial score (nSPS) is 10.8. The van der Waals surface area contributed by atoms with Gasteiger partial charge in [0, 0.05) is 24.9 Å². The largest absolute Gasteiger partial charge is 0.497 e. The number of carbonyl (C=O) groups excluding carboxylic acids is 1. The van der Waals surface area contributed by atoms with Crippen LogP contribution in [0.15, 0.2) is 36.7 Å². The second-order valence-electron chi connectivity index (χ2n) is 4.21. The van der Waals surface area contributed by atoms with Gasteiger partial charge in [-0.15, -0.1) is 0 Å². The first kappa shape index (κ1) is 13.9. The number of aryl methyl sites for hydroxylation is 1. The highest BCUT2D eigenvalue weighted by Crippen LogP contribution is 2.25. The average Bonchev–Trinajstić information content (AvgIpc) is 2.89. The van der Waals surface area contributed by atoms with E-state index in [4.69, 9.17) is 9.47 Å². The number of carbonyl (C=O) groups is 1. The summed E-state index contributed by atoms with van der Waals surface area (Å²) >= 11 is 0. The fourth-order valence-corrected chi connectivity index (χ4v) is 1.79. The lowest BCUT2D eigenvalue weighted by Crippen LogP contribution is -1.99. The minimum Gasteiger partial charge on any atom is -0.497 e. The SMILES string of the molecule is COc1ccc(C(=O)C=Cc2cnn(C)c2)c(OC)c1. The number of ether oxygens (including phenoxy) is 2. The van der Waals surface area contributed by atoms with Crippen molar-refractivity contribution in [3.63, 3.8) is 0 Å². The van der Waals surface area contributed by atoms with Crippen molar-refractivity contribution in [2.75, 3.05) is 14.2 Å². The fourth-order valence-electron chi connectivity index (χ4n) is 1.79. The maximum Gasteiger partial charge on any atom is 0.189 e. The Hall–Kier alpha value is -2.56. The molecule has 2 aromatic rings. The number of allylic oxidation sites excluding steroid dienone is 1. The first-order chi connectivity index (χ1) is 9.63. The fraction of sp³-hybridized carbons (Fsp3) is 0.200. The van der Waals surface area contributed by atoms with Gasteiger partial charge in [-0.25, -0.2) is 0 Å². The highest BCUT2D eigenvalue weighted by atomic mass is 16.5. The minimum absolute atomic E-state index is 0.131. The van der Waals surface area contributed by atoms with E-state index in [9.17, 15) is 4.79 Å². The molecular weight excluding hydrogens is 256 g/mol. The number of hydrogen-bond donors (Lipinski definition) is 0. The number of ketones is 1. The van der Waals surface area contributed by atoms with Crippen molar-refractivity contribution in [1.29, 1.82) is 0 Å². The molecule has 0 atom stereocenters. The number of methoxy groups -OCH3 is 2. The minimum atomic E-state index is -0.131. The van der Waals surface area contributed by atoms with E-state index in [0.29, 0.717) is 17.1 Å². The lowest BCUT2D eigenvalue weighted by molar-refractivity contribution is 0.104. The van der Waals surface area contributed by atoms with Gasteiger partial charge in [-0.1, -0.05) is 0 Å². The molecule has 0 spiro atoms. The van der Waals surface area contributed by atoms with Crippen molar-refractivity contribution in [2.24, 2.45) is 7.05 Å². The van der Waals surface area contributed by atoms with Crippen molar-refractivity contribution in [1.82, 2.24) is 9.78 Å². The van der Waals surface area contributed by atoms with Crippen molar-refractivity contribution in [3.05, 3.63) is 47.8 Å². The van der Waals surface area contributed by atoms with E-state index >= 15 is 0 Å². The van der Waals surface area contributed by atoms with Crippen LogP contribution in [0.4, 0.5) is 0 Å². The third kappa shape index (κ3) is 3.06. The van der Waals surface area contributed by atoms with Crippen LogP contribution in [0, 0.1) is 0 Å². The molecule has 5 nitrogen and oxygen atoms in total. The molecule has 0 unspecified atom stereocenters. The molecule has 0 aliphatic carbocycles. The molecule has 0 bridgehead atoms. The second kappa shape index (κ2) is 6.06. The van der Waals surface area contributed by atoms with Gasteiger partial charge in [-0.05, 0) is 24.3 Å². The van der Waals surface area contributed by atoms with Crippen molar-refractivity contribution < 1.29 is 14.3 Å². The first-order valence-corrected chi connectivity index (χ1v) is 6.07. The summed E-state index contributed by atoms with van der Waals surface area (Å²) in [6, 6.07) is 5.10. The van der Waals surface area contributed by atoms with E-state index < -0.39 is 0 Å². The van der Waals surface area contributed by atoms with E-state index in [1.807, 2.05) is 13.2 Å². The van der Waals surface area contributed by atoms with Crippen LogP contribution >= 0.6 is 0 Å². The molecule has 0 N–H and O–H groups in total. The van der Waals surface area contributed by atoms with Gasteiger partial charge in [0.1, 0.15) is 11.5 Å². The molecule has 0 aliphatic heterocycles. The summed E-state index contributed by atoms with van der Waals surface area (Å²) in [5, 5.41) is 4.04. The Labute approximate surface area is 117 Å². The Balaban J connectivity index is 2.22. The van der Waals surface area contributed by atoms with Crippen LogP contribution in [0.2, 0.25) is 0 Å². The molecule has 1 heterocycles. The predicted molar refractivity (Wildman–Crippen MR) is 76.1 cm³/mol. The third-order valence-electron chi connectivity index (χ3n) is 2.83. The highest BCUT2D eigenvalue weighted by molar-refractivity contribution is 6.08. The molecule has 0 saturated carbocycles. The smallest absolute Gasteiger partial charge is 0.189 e. The molecule has 1 aromatic heterocycles. The Morgan fingerprint density at radius 2 is 2.10 bits per heavy atom. The summed E-state index contributed by atoms with van der Waals surface area (Å²) in [5.41, 5.74) is 1.36. The standard InChI is InChI=1S/C15H16N2O3/c1-17-10-11(9-16-17)4-7-14(18)13-6-5-12(19-2)8-15(13)20-3/h4-10H,1-3H3. The molecular formula is C15H16N2O3. The summed E-state index contributed by atoms with van der Waals surface area (Å²) in [6.07, 6.45) is 6.74. The molecule has 20 heavy (non-hydrogen) atoms. The third-order valence-corrected chi connectivity index (χ3v) is 2.83. The van der Waals surface area contributed by atoms with Gasteiger partial charge < -0.3 is 9.47 Å². The van der Waals surface area contributed by atoms with E-state index in [0.717, 1.165) is 5.56 Å².